The molecule has 114 valence electrons. The largest absolute Gasteiger partial charge is 0.481 e. The van der Waals surface area contributed by atoms with Gasteiger partial charge in [0, 0.05) is 25.5 Å². The Morgan fingerprint density at radius 1 is 1.38 bits per heavy atom. The smallest absolute Gasteiger partial charge is 0.418 e. The van der Waals surface area contributed by atoms with Crippen LogP contribution in [-0.4, -0.2) is 40.0 Å². The second kappa shape index (κ2) is 5.34. The number of carboxylic acids is 1. The summed E-state index contributed by atoms with van der Waals surface area (Å²) < 4.78 is 38.6. The summed E-state index contributed by atoms with van der Waals surface area (Å²) in [5.74, 6) is -2.93. The minimum absolute atomic E-state index is 0.0883. The monoisotopic (exact) mass is 302 g/mol. The summed E-state index contributed by atoms with van der Waals surface area (Å²) in [5, 5.41) is 9.01. The van der Waals surface area contributed by atoms with E-state index in [1.165, 1.54) is 0 Å². The fourth-order valence-electron chi connectivity index (χ4n) is 2.43. The van der Waals surface area contributed by atoms with E-state index in [1.807, 2.05) is 0 Å². The van der Waals surface area contributed by atoms with Crippen LogP contribution in [0.4, 0.5) is 13.2 Å². The maximum atomic E-state index is 12.9. The maximum Gasteiger partial charge on any atom is 0.418 e. The molecule has 1 aliphatic heterocycles. The third kappa shape index (κ3) is 2.98. The number of likely N-dealkylation sites (tertiary alicyclic amines) is 1. The average molecular weight is 302 g/mol. The van der Waals surface area contributed by atoms with Gasteiger partial charge in [-0.3, -0.25) is 14.6 Å². The van der Waals surface area contributed by atoms with Gasteiger partial charge in [0.15, 0.2) is 0 Å². The predicted molar refractivity (Wildman–Crippen MR) is 65.4 cm³/mol. The first-order valence-corrected chi connectivity index (χ1v) is 6.25. The first-order chi connectivity index (χ1) is 9.71. The van der Waals surface area contributed by atoms with Gasteiger partial charge in [-0.2, -0.15) is 13.2 Å². The molecule has 1 saturated heterocycles. The minimum Gasteiger partial charge on any atom is -0.481 e. The molecule has 1 aromatic heterocycles. The number of pyridine rings is 1. The van der Waals surface area contributed by atoms with Crippen LogP contribution in [0.5, 0.6) is 0 Å². The number of hydrogen-bond acceptors (Lipinski definition) is 3. The van der Waals surface area contributed by atoms with Crippen LogP contribution in [0.3, 0.4) is 0 Å². The van der Waals surface area contributed by atoms with Gasteiger partial charge >= 0.3 is 12.1 Å². The van der Waals surface area contributed by atoms with Crippen molar-refractivity contribution < 1.29 is 27.9 Å². The summed E-state index contributed by atoms with van der Waals surface area (Å²) in [6, 6.07) is 1.00. The zero-order valence-electron chi connectivity index (χ0n) is 11.1. The number of carbonyl (C=O) groups is 2. The van der Waals surface area contributed by atoms with E-state index >= 15 is 0 Å². The van der Waals surface area contributed by atoms with E-state index < -0.39 is 35.1 Å². The Hall–Kier alpha value is -2.12. The van der Waals surface area contributed by atoms with Crippen molar-refractivity contribution in [3.05, 3.63) is 29.6 Å². The molecule has 0 bridgehead atoms. The van der Waals surface area contributed by atoms with Gasteiger partial charge in [-0.1, -0.05) is 6.92 Å². The fraction of sp³-hybridized carbons (Fsp3) is 0.462. The molecule has 2 rings (SSSR count). The molecule has 0 spiro atoms. The fourth-order valence-corrected chi connectivity index (χ4v) is 2.43. The molecule has 1 amide bonds. The number of amides is 1. The third-order valence-corrected chi connectivity index (χ3v) is 3.57. The van der Waals surface area contributed by atoms with Gasteiger partial charge in [0.25, 0.3) is 5.91 Å². The number of halogens is 3. The van der Waals surface area contributed by atoms with Crippen LogP contribution in [0.15, 0.2) is 18.5 Å². The summed E-state index contributed by atoms with van der Waals surface area (Å²) in [7, 11) is 0. The molecule has 1 aromatic rings. The lowest BCUT2D eigenvalue weighted by molar-refractivity contribution is -0.142. The zero-order valence-corrected chi connectivity index (χ0v) is 11.1. The Morgan fingerprint density at radius 2 is 2.05 bits per heavy atom. The summed E-state index contributed by atoms with van der Waals surface area (Å²) in [6.07, 6.45) is -2.98. The summed E-state index contributed by atoms with van der Waals surface area (Å²) in [4.78, 5) is 27.8. The van der Waals surface area contributed by atoms with Gasteiger partial charge in [-0.05, 0) is 12.0 Å². The van der Waals surface area contributed by atoms with E-state index in [0.717, 1.165) is 17.2 Å². The number of hydrogen-bond donors (Lipinski definition) is 1. The molecule has 8 heteroatoms. The number of rotatable bonds is 2. The topological polar surface area (TPSA) is 70.5 Å². The van der Waals surface area contributed by atoms with Crippen molar-refractivity contribution >= 4 is 11.9 Å². The SMILES string of the molecule is C[C@@H]1CN(C(=O)c2ccncc2C(F)(F)F)C[C@H]1C(=O)O. The average Bonchev–Trinajstić information content (AvgIpc) is 2.79. The molecule has 2 heterocycles. The second-order valence-corrected chi connectivity index (χ2v) is 5.05. The first kappa shape index (κ1) is 15.3. The Balaban J connectivity index is 2.29. The van der Waals surface area contributed by atoms with E-state index in [-0.39, 0.29) is 19.0 Å². The van der Waals surface area contributed by atoms with Crippen LogP contribution >= 0.6 is 0 Å². The predicted octanol–water partition coefficient (Wildman–Crippen LogP) is 1.89. The molecule has 0 radical (unpaired) electrons. The number of carboxylic acid groups (broad SMARTS) is 1. The molecule has 1 N–H and O–H groups in total. The van der Waals surface area contributed by atoms with E-state index in [9.17, 15) is 22.8 Å². The Bertz CT molecular complexity index is 574. The molecular weight excluding hydrogens is 289 g/mol. The van der Waals surface area contributed by atoms with Crippen molar-refractivity contribution in [3.8, 4) is 0 Å². The highest BCUT2D eigenvalue weighted by Crippen LogP contribution is 2.33. The van der Waals surface area contributed by atoms with E-state index in [2.05, 4.69) is 4.98 Å². The Kier molecular flexibility index (Phi) is 3.89. The second-order valence-electron chi connectivity index (χ2n) is 5.05. The van der Waals surface area contributed by atoms with Crippen molar-refractivity contribution in [3.63, 3.8) is 0 Å². The molecular formula is C13H13F3N2O3. The van der Waals surface area contributed by atoms with Crippen LogP contribution in [0.25, 0.3) is 0 Å². The van der Waals surface area contributed by atoms with E-state index in [4.69, 9.17) is 5.11 Å². The number of aromatic nitrogens is 1. The van der Waals surface area contributed by atoms with E-state index in [1.54, 1.807) is 6.92 Å². The van der Waals surface area contributed by atoms with Crippen LogP contribution in [0.1, 0.15) is 22.8 Å². The summed E-state index contributed by atoms with van der Waals surface area (Å²) in [5.41, 5.74) is -1.61. The number of aliphatic carboxylic acids is 1. The van der Waals surface area contributed by atoms with Gasteiger partial charge in [-0.25, -0.2) is 0 Å². The van der Waals surface area contributed by atoms with Crippen LogP contribution in [0, 0.1) is 11.8 Å². The first-order valence-electron chi connectivity index (χ1n) is 6.25. The number of alkyl halides is 3. The van der Waals surface area contributed by atoms with E-state index in [0.29, 0.717) is 6.20 Å². The number of carbonyl (C=O) groups excluding carboxylic acids is 1. The molecule has 1 aliphatic rings. The third-order valence-electron chi connectivity index (χ3n) is 3.57. The highest BCUT2D eigenvalue weighted by atomic mass is 19.4. The van der Waals surface area contributed by atoms with Crippen molar-refractivity contribution in [2.45, 2.75) is 13.1 Å². The molecule has 2 atom stereocenters. The number of nitrogens with zero attached hydrogens (tertiary/aromatic N) is 2. The van der Waals surface area contributed by atoms with Gasteiger partial charge in [0.2, 0.25) is 0 Å². The normalized spacial score (nSPS) is 22.4. The van der Waals surface area contributed by atoms with Crippen molar-refractivity contribution in [2.24, 2.45) is 11.8 Å². The van der Waals surface area contributed by atoms with Crippen LogP contribution in [0.2, 0.25) is 0 Å². The molecule has 1 fully saturated rings. The molecule has 0 unspecified atom stereocenters. The van der Waals surface area contributed by atoms with Gasteiger partial charge in [0.1, 0.15) is 0 Å². The summed E-state index contributed by atoms with van der Waals surface area (Å²) >= 11 is 0. The van der Waals surface area contributed by atoms with Crippen LogP contribution in [-0.2, 0) is 11.0 Å². The van der Waals surface area contributed by atoms with Gasteiger partial charge in [0.05, 0.1) is 17.0 Å². The molecule has 5 nitrogen and oxygen atoms in total. The summed E-state index contributed by atoms with van der Waals surface area (Å²) in [6.45, 7) is 1.69. The van der Waals surface area contributed by atoms with Gasteiger partial charge in [-0.15, -0.1) is 0 Å². The molecule has 21 heavy (non-hydrogen) atoms. The van der Waals surface area contributed by atoms with Crippen molar-refractivity contribution in [1.29, 1.82) is 0 Å². The molecule has 0 aliphatic carbocycles. The molecule has 0 saturated carbocycles. The lowest BCUT2D eigenvalue weighted by Gasteiger charge is -2.18. The minimum atomic E-state index is -4.68. The van der Waals surface area contributed by atoms with Gasteiger partial charge < -0.3 is 10.0 Å². The van der Waals surface area contributed by atoms with Crippen molar-refractivity contribution in [1.82, 2.24) is 9.88 Å². The standard InChI is InChI=1S/C13H13F3N2O3/c1-7-5-18(6-9(7)12(20)21)11(19)8-2-3-17-4-10(8)13(14,15)16/h2-4,7,9H,5-6H2,1H3,(H,20,21)/t7-,9-/m1/s1. The maximum absolute atomic E-state index is 12.9. The highest BCUT2D eigenvalue weighted by Gasteiger charge is 2.40. The zero-order chi connectivity index (χ0) is 15.8. The van der Waals surface area contributed by atoms with Crippen LogP contribution < -0.4 is 0 Å². The van der Waals surface area contributed by atoms with Crippen molar-refractivity contribution in [2.75, 3.05) is 13.1 Å². The quantitative estimate of drug-likeness (QED) is 0.905. The lowest BCUT2D eigenvalue weighted by atomic mass is 9.99. The Morgan fingerprint density at radius 3 is 2.57 bits per heavy atom. The Labute approximate surface area is 118 Å². The molecule has 0 aromatic carbocycles. The highest BCUT2D eigenvalue weighted by molar-refractivity contribution is 5.96. The lowest BCUT2D eigenvalue weighted by Crippen LogP contribution is -2.31.